The summed E-state index contributed by atoms with van der Waals surface area (Å²) < 4.78 is 11.3. The van der Waals surface area contributed by atoms with E-state index in [-0.39, 0.29) is 11.5 Å². The van der Waals surface area contributed by atoms with Crippen molar-refractivity contribution in [1.29, 1.82) is 0 Å². The van der Waals surface area contributed by atoms with Crippen LogP contribution in [-0.2, 0) is 9.53 Å². The summed E-state index contributed by atoms with van der Waals surface area (Å²) >= 11 is 0. The molecule has 0 saturated carbocycles. The Hall–Kier alpha value is -2.90. The molecule has 3 rings (SSSR count). The van der Waals surface area contributed by atoms with Crippen molar-refractivity contribution < 1.29 is 24.2 Å². The Morgan fingerprint density at radius 1 is 1.13 bits per heavy atom. The Bertz CT molecular complexity index is 881. The lowest BCUT2D eigenvalue weighted by Gasteiger charge is -2.43. The second kappa shape index (κ2) is 10.4. The summed E-state index contributed by atoms with van der Waals surface area (Å²) in [6, 6.07) is 15.9. The Morgan fingerprint density at radius 2 is 1.77 bits per heavy atom. The van der Waals surface area contributed by atoms with E-state index in [1.807, 2.05) is 49.2 Å². The minimum absolute atomic E-state index is 0.120. The third kappa shape index (κ3) is 5.42. The van der Waals surface area contributed by atoms with Gasteiger partial charge in [0.05, 0.1) is 11.6 Å². The number of carboxylic acid groups (broad SMARTS) is 1. The molecule has 7 nitrogen and oxygen atoms in total. The highest BCUT2D eigenvalue weighted by atomic mass is 16.5. The van der Waals surface area contributed by atoms with E-state index in [4.69, 9.17) is 9.47 Å². The maximum Gasteiger partial charge on any atom is 0.336 e. The van der Waals surface area contributed by atoms with E-state index < -0.39 is 17.6 Å². The van der Waals surface area contributed by atoms with Crippen LogP contribution in [-0.4, -0.2) is 60.8 Å². The zero-order valence-electron chi connectivity index (χ0n) is 18.0. The molecule has 7 heteroatoms. The van der Waals surface area contributed by atoms with Crippen LogP contribution in [0.3, 0.4) is 0 Å². The quantitative estimate of drug-likeness (QED) is 0.641. The van der Waals surface area contributed by atoms with Crippen molar-refractivity contribution in [3.05, 3.63) is 65.7 Å². The first kappa shape index (κ1) is 22.8. The van der Waals surface area contributed by atoms with Gasteiger partial charge in [-0.05, 0) is 50.6 Å². The van der Waals surface area contributed by atoms with Gasteiger partial charge in [-0.1, -0.05) is 36.4 Å². The van der Waals surface area contributed by atoms with Crippen molar-refractivity contribution in [3.63, 3.8) is 0 Å². The molecule has 0 aliphatic carbocycles. The average Bonchev–Trinajstić information content (AvgIpc) is 2.80. The van der Waals surface area contributed by atoms with Gasteiger partial charge in [-0.2, -0.15) is 0 Å². The number of carbonyl (C=O) groups excluding carboxylic acids is 1. The Labute approximate surface area is 183 Å². The molecule has 166 valence electrons. The second-order valence-electron chi connectivity index (χ2n) is 7.81. The monoisotopic (exact) mass is 426 g/mol. The molecule has 0 bridgehead atoms. The number of nitrogens with one attached hydrogen (secondary N) is 1. The summed E-state index contributed by atoms with van der Waals surface area (Å²) in [7, 11) is 1.93. The van der Waals surface area contributed by atoms with Gasteiger partial charge in [-0.3, -0.25) is 9.69 Å². The molecule has 0 spiro atoms. The van der Waals surface area contributed by atoms with Crippen LogP contribution >= 0.6 is 0 Å². The number of rotatable bonds is 9. The first-order chi connectivity index (χ1) is 14.9. The summed E-state index contributed by atoms with van der Waals surface area (Å²) in [6.07, 6.45) is 1.13. The van der Waals surface area contributed by atoms with Gasteiger partial charge in [-0.15, -0.1) is 0 Å². The SMILES string of the molecule is CC(NC(=O)C1(N(C)CCOc2ccccc2)CCOCC1)c1ccccc1C(=O)O. The number of ether oxygens (including phenoxy) is 2. The molecule has 0 radical (unpaired) electrons. The number of aromatic carboxylic acids is 1. The zero-order chi connectivity index (χ0) is 22.3. The number of benzene rings is 2. The summed E-state index contributed by atoms with van der Waals surface area (Å²) in [4.78, 5) is 27.1. The van der Waals surface area contributed by atoms with E-state index in [1.165, 1.54) is 0 Å². The molecular weight excluding hydrogens is 396 g/mol. The largest absolute Gasteiger partial charge is 0.492 e. The van der Waals surface area contributed by atoms with Crippen molar-refractivity contribution in [2.24, 2.45) is 0 Å². The predicted molar refractivity (Wildman–Crippen MR) is 117 cm³/mol. The number of para-hydroxylation sites is 1. The normalized spacial score (nSPS) is 16.5. The van der Waals surface area contributed by atoms with Crippen LogP contribution in [0.4, 0.5) is 0 Å². The van der Waals surface area contributed by atoms with Gasteiger partial charge in [0.2, 0.25) is 5.91 Å². The number of hydrogen-bond acceptors (Lipinski definition) is 5. The second-order valence-corrected chi connectivity index (χ2v) is 7.81. The van der Waals surface area contributed by atoms with Crippen LogP contribution in [0.15, 0.2) is 54.6 Å². The van der Waals surface area contributed by atoms with Gasteiger partial charge in [0.15, 0.2) is 0 Å². The lowest BCUT2D eigenvalue weighted by Crippen LogP contribution is -2.61. The van der Waals surface area contributed by atoms with Gasteiger partial charge in [0.25, 0.3) is 0 Å². The highest BCUT2D eigenvalue weighted by Crippen LogP contribution is 2.29. The molecular formula is C24H30N2O5. The number of amides is 1. The maximum absolute atomic E-state index is 13.5. The molecule has 1 aliphatic rings. The van der Waals surface area contributed by atoms with Crippen LogP contribution in [0.2, 0.25) is 0 Å². The first-order valence-corrected chi connectivity index (χ1v) is 10.5. The van der Waals surface area contributed by atoms with Crippen molar-refractivity contribution in [1.82, 2.24) is 10.2 Å². The highest BCUT2D eigenvalue weighted by molar-refractivity contribution is 5.90. The Morgan fingerprint density at radius 3 is 2.45 bits per heavy atom. The van der Waals surface area contributed by atoms with Gasteiger partial charge in [0, 0.05) is 19.8 Å². The number of likely N-dealkylation sites (N-methyl/N-ethyl adjacent to an activating group) is 1. The Balaban J connectivity index is 1.70. The zero-order valence-corrected chi connectivity index (χ0v) is 18.0. The molecule has 1 saturated heterocycles. The van der Waals surface area contributed by atoms with Crippen molar-refractivity contribution in [2.75, 3.05) is 33.4 Å². The van der Waals surface area contributed by atoms with Gasteiger partial charge < -0.3 is 19.9 Å². The Kier molecular flexibility index (Phi) is 7.65. The summed E-state index contributed by atoms with van der Waals surface area (Å²) in [6.45, 7) is 3.83. The van der Waals surface area contributed by atoms with Crippen molar-refractivity contribution in [2.45, 2.75) is 31.3 Å². The van der Waals surface area contributed by atoms with Crippen LogP contribution in [0, 0.1) is 0 Å². The predicted octanol–water partition coefficient (Wildman–Crippen LogP) is 3.12. The van der Waals surface area contributed by atoms with E-state index in [9.17, 15) is 14.7 Å². The van der Waals surface area contributed by atoms with Crippen LogP contribution in [0.5, 0.6) is 5.75 Å². The summed E-state index contributed by atoms with van der Waals surface area (Å²) in [5, 5.41) is 12.5. The third-order valence-electron chi connectivity index (χ3n) is 5.92. The molecule has 1 amide bonds. The topological polar surface area (TPSA) is 88.1 Å². The average molecular weight is 427 g/mol. The van der Waals surface area contributed by atoms with Crippen LogP contribution in [0.1, 0.15) is 41.7 Å². The number of nitrogens with zero attached hydrogens (tertiary/aromatic N) is 1. The minimum atomic E-state index is -1.01. The van der Waals surface area contributed by atoms with E-state index in [2.05, 4.69) is 5.32 Å². The lowest BCUT2D eigenvalue weighted by atomic mass is 9.86. The summed E-state index contributed by atoms with van der Waals surface area (Å²) in [5.41, 5.74) is 0.0478. The van der Waals surface area contributed by atoms with Crippen LogP contribution < -0.4 is 10.1 Å². The third-order valence-corrected chi connectivity index (χ3v) is 5.92. The first-order valence-electron chi connectivity index (χ1n) is 10.5. The molecule has 2 N–H and O–H groups in total. The van der Waals surface area contributed by atoms with Gasteiger partial charge >= 0.3 is 5.97 Å². The molecule has 1 atom stereocenters. The molecule has 1 heterocycles. The van der Waals surface area contributed by atoms with E-state index in [0.29, 0.717) is 44.8 Å². The molecule has 1 unspecified atom stereocenters. The maximum atomic E-state index is 13.5. The fourth-order valence-corrected chi connectivity index (χ4v) is 4.00. The molecule has 1 fully saturated rings. The highest BCUT2D eigenvalue weighted by Gasteiger charge is 2.44. The van der Waals surface area contributed by atoms with Crippen molar-refractivity contribution in [3.8, 4) is 5.75 Å². The molecule has 2 aromatic rings. The van der Waals surface area contributed by atoms with Gasteiger partial charge in [0.1, 0.15) is 17.9 Å². The number of carboxylic acids is 1. The summed E-state index contributed by atoms with van der Waals surface area (Å²) in [5.74, 6) is -0.335. The minimum Gasteiger partial charge on any atom is -0.492 e. The molecule has 2 aromatic carbocycles. The number of carbonyl (C=O) groups is 2. The van der Waals surface area contributed by atoms with Crippen molar-refractivity contribution >= 4 is 11.9 Å². The molecule has 31 heavy (non-hydrogen) atoms. The fourth-order valence-electron chi connectivity index (χ4n) is 4.00. The number of hydrogen-bond donors (Lipinski definition) is 2. The van der Waals surface area contributed by atoms with Gasteiger partial charge in [-0.25, -0.2) is 4.79 Å². The molecule has 1 aliphatic heterocycles. The fraction of sp³-hybridized carbons (Fsp3) is 0.417. The standard InChI is InChI=1S/C24H30N2O5/c1-18(20-10-6-7-11-21(20)22(27)28)25-23(29)24(12-15-30-16-13-24)26(2)14-17-31-19-8-4-3-5-9-19/h3-11,18H,12-17H2,1-2H3,(H,25,29)(H,27,28). The van der Waals surface area contributed by atoms with E-state index in [0.717, 1.165) is 5.75 Å². The van der Waals surface area contributed by atoms with E-state index in [1.54, 1.807) is 24.3 Å². The van der Waals surface area contributed by atoms with Crippen LogP contribution in [0.25, 0.3) is 0 Å². The molecule has 0 aromatic heterocycles. The lowest BCUT2D eigenvalue weighted by molar-refractivity contribution is -0.140. The van der Waals surface area contributed by atoms with E-state index >= 15 is 0 Å². The smallest absolute Gasteiger partial charge is 0.336 e.